The van der Waals surface area contributed by atoms with Gasteiger partial charge in [-0.05, 0) is 50.7 Å². The highest BCUT2D eigenvalue weighted by molar-refractivity contribution is 5.94. The van der Waals surface area contributed by atoms with Crippen LogP contribution in [0.2, 0.25) is 0 Å². The maximum atomic E-state index is 12.8. The average Bonchev–Trinajstić information content (AvgIpc) is 2.76. The number of aliphatic hydroxyl groups excluding tert-OH is 1. The number of hydrogen-bond acceptors (Lipinski definition) is 6. The van der Waals surface area contributed by atoms with E-state index in [1.54, 1.807) is 6.20 Å². The number of anilines is 1. The van der Waals surface area contributed by atoms with Crippen molar-refractivity contribution >= 4 is 11.7 Å². The number of amides is 1. The van der Waals surface area contributed by atoms with Gasteiger partial charge in [-0.3, -0.25) is 9.69 Å². The number of likely N-dealkylation sites (tertiary alicyclic amines) is 1. The van der Waals surface area contributed by atoms with Crippen LogP contribution in [-0.2, 0) is 4.74 Å². The van der Waals surface area contributed by atoms with E-state index < -0.39 is 0 Å². The SMILES string of the molecule is O=C(c1ccc(NC2CCC(O)CC2)nc1)N1CCC(N2CCOCC2)CC1. The molecule has 4 rings (SSSR count). The third kappa shape index (κ3) is 4.82. The molecule has 154 valence electrons. The normalized spacial score (nSPS) is 27.5. The lowest BCUT2D eigenvalue weighted by molar-refractivity contribution is 0.00158. The zero-order valence-corrected chi connectivity index (χ0v) is 16.6. The molecule has 0 radical (unpaired) electrons. The number of morpholine rings is 1. The number of hydrogen-bond donors (Lipinski definition) is 2. The second-order valence-corrected chi connectivity index (χ2v) is 8.25. The van der Waals surface area contributed by atoms with Crippen LogP contribution in [0, 0.1) is 0 Å². The van der Waals surface area contributed by atoms with Crippen LogP contribution in [-0.4, -0.2) is 83.4 Å². The van der Waals surface area contributed by atoms with Crippen molar-refractivity contribution in [2.75, 3.05) is 44.7 Å². The van der Waals surface area contributed by atoms with E-state index in [2.05, 4.69) is 15.2 Å². The van der Waals surface area contributed by atoms with Crippen LogP contribution in [0.1, 0.15) is 48.9 Å². The Hall–Kier alpha value is -1.70. The molecule has 28 heavy (non-hydrogen) atoms. The maximum Gasteiger partial charge on any atom is 0.255 e. The molecular weight excluding hydrogens is 356 g/mol. The fourth-order valence-corrected chi connectivity index (χ4v) is 4.59. The van der Waals surface area contributed by atoms with E-state index in [0.717, 1.165) is 83.7 Å². The highest BCUT2D eigenvalue weighted by atomic mass is 16.5. The first kappa shape index (κ1) is 19.6. The van der Waals surface area contributed by atoms with Crippen molar-refractivity contribution in [1.29, 1.82) is 0 Å². The Bertz CT molecular complexity index is 632. The maximum absolute atomic E-state index is 12.8. The Labute approximate surface area is 167 Å². The van der Waals surface area contributed by atoms with Gasteiger partial charge in [0.2, 0.25) is 0 Å². The summed E-state index contributed by atoms with van der Waals surface area (Å²) in [7, 11) is 0. The second kappa shape index (κ2) is 9.20. The highest BCUT2D eigenvalue weighted by Crippen LogP contribution is 2.22. The summed E-state index contributed by atoms with van der Waals surface area (Å²) in [5.74, 6) is 0.893. The van der Waals surface area contributed by atoms with Gasteiger partial charge in [-0.15, -0.1) is 0 Å². The molecule has 0 aromatic carbocycles. The minimum atomic E-state index is -0.154. The van der Waals surface area contributed by atoms with Crippen LogP contribution in [0.15, 0.2) is 18.3 Å². The van der Waals surface area contributed by atoms with Gasteiger partial charge in [0.15, 0.2) is 0 Å². The van der Waals surface area contributed by atoms with Crippen LogP contribution >= 0.6 is 0 Å². The van der Waals surface area contributed by atoms with Crippen molar-refractivity contribution < 1.29 is 14.6 Å². The molecular formula is C21H32N4O3. The third-order valence-corrected chi connectivity index (χ3v) is 6.37. The van der Waals surface area contributed by atoms with E-state index in [4.69, 9.17) is 4.74 Å². The molecule has 1 saturated carbocycles. The molecule has 3 heterocycles. The van der Waals surface area contributed by atoms with Gasteiger partial charge in [0.1, 0.15) is 5.82 Å². The predicted molar refractivity (Wildman–Crippen MR) is 107 cm³/mol. The van der Waals surface area contributed by atoms with Gasteiger partial charge < -0.3 is 20.1 Å². The molecule has 0 spiro atoms. The molecule has 1 aromatic heterocycles. The van der Waals surface area contributed by atoms with Crippen LogP contribution in [0.25, 0.3) is 0 Å². The molecule has 7 nitrogen and oxygen atoms in total. The highest BCUT2D eigenvalue weighted by Gasteiger charge is 2.28. The summed E-state index contributed by atoms with van der Waals surface area (Å²) >= 11 is 0. The smallest absolute Gasteiger partial charge is 0.255 e. The lowest BCUT2D eigenvalue weighted by Crippen LogP contribution is -2.50. The summed E-state index contributed by atoms with van der Waals surface area (Å²) in [5, 5.41) is 13.0. The van der Waals surface area contributed by atoms with Crippen molar-refractivity contribution in [3.8, 4) is 0 Å². The van der Waals surface area contributed by atoms with E-state index in [1.165, 1.54) is 0 Å². The largest absolute Gasteiger partial charge is 0.393 e. The molecule has 0 bridgehead atoms. The van der Waals surface area contributed by atoms with Crippen molar-refractivity contribution in [2.45, 2.75) is 56.7 Å². The minimum absolute atomic E-state index is 0.0836. The molecule has 1 aliphatic carbocycles. The summed E-state index contributed by atoms with van der Waals surface area (Å²) in [5.41, 5.74) is 0.662. The van der Waals surface area contributed by atoms with Crippen molar-refractivity contribution in [3.05, 3.63) is 23.9 Å². The number of piperidine rings is 1. The van der Waals surface area contributed by atoms with Gasteiger partial charge in [-0.2, -0.15) is 0 Å². The fraction of sp³-hybridized carbons (Fsp3) is 0.714. The number of aromatic nitrogens is 1. The molecule has 2 saturated heterocycles. The number of carbonyl (C=O) groups excluding carboxylic acids is 1. The molecule has 3 fully saturated rings. The van der Waals surface area contributed by atoms with E-state index in [9.17, 15) is 9.90 Å². The molecule has 1 aromatic rings. The first-order valence-electron chi connectivity index (χ1n) is 10.7. The minimum Gasteiger partial charge on any atom is -0.393 e. The summed E-state index contributed by atoms with van der Waals surface area (Å²) in [4.78, 5) is 21.8. The number of nitrogens with zero attached hydrogens (tertiary/aromatic N) is 3. The van der Waals surface area contributed by atoms with E-state index in [1.807, 2.05) is 17.0 Å². The Morgan fingerprint density at radius 3 is 2.39 bits per heavy atom. The third-order valence-electron chi connectivity index (χ3n) is 6.37. The van der Waals surface area contributed by atoms with Gasteiger partial charge in [0.25, 0.3) is 5.91 Å². The Kier molecular flexibility index (Phi) is 6.44. The predicted octanol–water partition coefficient (Wildman–Crippen LogP) is 1.73. The zero-order chi connectivity index (χ0) is 19.3. The monoisotopic (exact) mass is 388 g/mol. The lowest BCUT2D eigenvalue weighted by Gasteiger charge is -2.40. The summed E-state index contributed by atoms with van der Waals surface area (Å²) in [6, 6.07) is 4.71. The average molecular weight is 389 g/mol. The number of ether oxygens (including phenoxy) is 1. The van der Waals surface area contributed by atoms with Crippen LogP contribution in [0.4, 0.5) is 5.82 Å². The van der Waals surface area contributed by atoms with E-state index in [-0.39, 0.29) is 12.0 Å². The molecule has 3 aliphatic rings. The number of carbonyl (C=O) groups is 1. The summed E-state index contributed by atoms with van der Waals surface area (Å²) in [6.07, 6.45) is 7.21. The molecule has 1 amide bonds. The molecule has 7 heteroatoms. The Morgan fingerprint density at radius 1 is 1.04 bits per heavy atom. The van der Waals surface area contributed by atoms with Gasteiger partial charge in [0.05, 0.1) is 24.9 Å². The molecule has 2 aliphatic heterocycles. The standard InChI is InChI=1S/C21H32N4O3/c26-19-4-2-17(3-5-19)23-20-6-1-16(15-22-20)21(27)25-9-7-18(8-10-25)24-11-13-28-14-12-24/h1,6,15,17-19,26H,2-5,7-14H2,(H,22,23). The van der Waals surface area contributed by atoms with Crippen molar-refractivity contribution in [2.24, 2.45) is 0 Å². The summed E-state index contributed by atoms with van der Waals surface area (Å²) < 4.78 is 5.44. The van der Waals surface area contributed by atoms with Gasteiger partial charge in [-0.1, -0.05) is 0 Å². The molecule has 0 unspecified atom stereocenters. The van der Waals surface area contributed by atoms with E-state index in [0.29, 0.717) is 17.6 Å². The molecule has 0 atom stereocenters. The Morgan fingerprint density at radius 2 is 1.75 bits per heavy atom. The van der Waals surface area contributed by atoms with Crippen molar-refractivity contribution in [3.63, 3.8) is 0 Å². The zero-order valence-electron chi connectivity index (χ0n) is 16.6. The fourth-order valence-electron chi connectivity index (χ4n) is 4.59. The molecule has 2 N–H and O–H groups in total. The quantitative estimate of drug-likeness (QED) is 0.818. The Balaban J connectivity index is 1.26. The number of nitrogens with one attached hydrogen (secondary N) is 1. The number of rotatable bonds is 4. The first-order chi connectivity index (χ1) is 13.7. The second-order valence-electron chi connectivity index (χ2n) is 8.25. The first-order valence-corrected chi connectivity index (χ1v) is 10.7. The number of pyridine rings is 1. The van der Waals surface area contributed by atoms with Gasteiger partial charge in [0, 0.05) is 44.5 Å². The lowest BCUT2D eigenvalue weighted by atomic mass is 9.93. The van der Waals surface area contributed by atoms with Crippen LogP contribution in [0.5, 0.6) is 0 Å². The van der Waals surface area contributed by atoms with Crippen molar-refractivity contribution in [1.82, 2.24) is 14.8 Å². The van der Waals surface area contributed by atoms with Gasteiger partial charge in [-0.25, -0.2) is 4.98 Å². The van der Waals surface area contributed by atoms with Crippen LogP contribution < -0.4 is 5.32 Å². The summed E-state index contributed by atoms with van der Waals surface area (Å²) in [6.45, 7) is 5.30. The van der Waals surface area contributed by atoms with Crippen LogP contribution in [0.3, 0.4) is 0 Å². The van der Waals surface area contributed by atoms with Gasteiger partial charge >= 0.3 is 0 Å². The topological polar surface area (TPSA) is 77.9 Å². The van der Waals surface area contributed by atoms with E-state index >= 15 is 0 Å². The number of aliphatic hydroxyl groups is 1.